The van der Waals surface area contributed by atoms with E-state index in [1.807, 2.05) is 6.92 Å². The first-order valence-electron chi connectivity index (χ1n) is 6.75. The molecular formula is C13H26N6. The smallest absolute Gasteiger partial charge is 0.239 e. The number of nitrogens with one attached hydrogen (secondary N) is 2. The van der Waals surface area contributed by atoms with Gasteiger partial charge in [0.2, 0.25) is 5.95 Å². The molecule has 1 aromatic rings. The summed E-state index contributed by atoms with van der Waals surface area (Å²) in [5.41, 5.74) is 3.47. The average molecular weight is 266 g/mol. The van der Waals surface area contributed by atoms with Crippen molar-refractivity contribution in [3.8, 4) is 0 Å². The van der Waals surface area contributed by atoms with E-state index in [0.717, 1.165) is 24.5 Å². The molecule has 108 valence electrons. The molecule has 0 unspecified atom stereocenters. The van der Waals surface area contributed by atoms with Crippen molar-refractivity contribution in [2.45, 2.75) is 46.7 Å². The molecule has 0 aliphatic carbocycles. The van der Waals surface area contributed by atoms with Gasteiger partial charge in [-0.2, -0.15) is 4.98 Å². The third-order valence-electron chi connectivity index (χ3n) is 3.09. The van der Waals surface area contributed by atoms with E-state index in [-0.39, 0.29) is 0 Å². The highest BCUT2D eigenvalue weighted by molar-refractivity contribution is 5.45. The molecule has 6 nitrogen and oxygen atoms in total. The minimum absolute atomic E-state index is 0.428. The Morgan fingerprint density at radius 1 is 1.26 bits per heavy atom. The molecule has 0 atom stereocenters. The van der Waals surface area contributed by atoms with Gasteiger partial charge in [-0.25, -0.2) is 10.8 Å². The van der Waals surface area contributed by atoms with Crippen LogP contribution in [-0.4, -0.2) is 40.0 Å². The predicted octanol–water partition coefficient (Wildman–Crippen LogP) is 1.60. The van der Waals surface area contributed by atoms with E-state index in [0.29, 0.717) is 18.0 Å². The van der Waals surface area contributed by atoms with E-state index in [1.54, 1.807) is 6.20 Å². The SMILES string of the molecule is Cc1cnc(NN)nc1NCCN(C(C)C)C(C)C. The lowest BCUT2D eigenvalue weighted by Gasteiger charge is -2.30. The first-order valence-corrected chi connectivity index (χ1v) is 6.75. The van der Waals surface area contributed by atoms with Gasteiger partial charge in [-0.05, 0) is 34.6 Å². The second-order valence-corrected chi connectivity index (χ2v) is 5.22. The van der Waals surface area contributed by atoms with Gasteiger partial charge >= 0.3 is 0 Å². The van der Waals surface area contributed by atoms with Gasteiger partial charge in [0.05, 0.1) is 0 Å². The number of nitrogen functional groups attached to an aromatic ring is 1. The van der Waals surface area contributed by atoms with Gasteiger partial charge in [-0.3, -0.25) is 10.3 Å². The standard InChI is InChI=1S/C13H26N6/c1-9(2)19(10(3)4)7-6-15-12-11(5)8-16-13(17-12)18-14/h8-10H,6-7,14H2,1-5H3,(H2,15,16,17,18). The second-order valence-electron chi connectivity index (χ2n) is 5.22. The Kier molecular flexibility index (Phi) is 5.98. The van der Waals surface area contributed by atoms with Gasteiger partial charge in [0, 0.05) is 36.9 Å². The summed E-state index contributed by atoms with van der Waals surface area (Å²) < 4.78 is 0. The largest absolute Gasteiger partial charge is 0.368 e. The summed E-state index contributed by atoms with van der Waals surface area (Å²) in [4.78, 5) is 10.8. The van der Waals surface area contributed by atoms with Crippen LogP contribution in [0, 0.1) is 6.92 Å². The molecule has 0 aliphatic heterocycles. The Labute approximate surface area is 115 Å². The Morgan fingerprint density at radius 3 is 2.42 bits per heavy atom. The van der Waals surface area contributed by atoms with Gasteiger partial charge < -0.3 is 5.32 Å². The Balaban J connectivity index is 2.57. The van der Waals surface area contributed by atoms with Crippen LogP contribution in [0.25, 0.3) is 0 Å². The minimum Gasteiger partial charge on any atom is -0.368 e. The fourth-order valence-corrected chi connectivity index (χ4v) is 2.11. The number of nitrogens with two attached hydrogens (primary N) is 1. The molecule has 1 heterocycles. The van der Waals surface area contributed by atoms with Gasteiger partial charge in [-0.1, -0.05) is 0 Å². The fourth-order valence-electron chi connectivity index (χ4n) is 2.11. The van der Waals surface area contributed by atoms with Gasteiger partial charge in [0.15, 0.2) is 0 Å². The molecule has 6 heteroatoms. The highest BCUT2D eigenvalue weighted by atomic mass is 15.3. The van der Waals surface area contributed by atoms with E-state index in [2.05, 4.69) is 53.3 Å². The van der Waals surface area contributed by atoms with Crippen molar-refractivity contribution in [2.24, 2.45) is 5.84 Å². The topological polar surface area (TPSA) is 79.1 Å². The quantitative estimate of drug-likeness (QED) is 0.514. The summed E-state index contributed by atoms with van der Waals surface area (Å²) in [6, 6.07) is 1.07. The zero-order valence-electron chi connectivity index (χ0n) is 12.6. The lowest BCUT2D eigenvalue weighted by atomic mass is 10.2. The van der Waals surface area contributed by atoms with E-state index in [4.69, 9.17) is 5.84 Å². The second kappa shape index (κ2) is 7.25. The zero-order chi connectivity index (χ0) is 14.4. The Morgan fingerprint density at radius 2 is 1.89 bits per heavy atom. The van der Waals surface area contributed by atoms with E-state index in [1.165, 1.54) is 0 Å². The minimum atomic E-state index is 0.428. The maximum atomic E-state index is 5.31. The highest BCUT2D eigenvalue weighted by Crippen LogP contribution is 2.12. The first kappa shape index (κ1) is 15.7. The summed E-state index contributed by atoms with van der Waals surface area (Å²) in [7, 11) is 0. The van der Waals surface area contributed by atoms with Crippen LogP contribution >= 0.6 is 0 Å². The number of hydrazine groups is 1. The molecule has 0 saturated carbocycles. The van der Waals surface area contributed by atoms with Gasteiger partial charge in [-0.15, -0.1) is 0 Å². The van der Waals surface area contributed by atoms with Gasteiger partial charge in [0.25, 0.3) is 0 Å². The Hall–Kier alpha value is -1.40. The summed E-state index contributed by atoms with van der Waals surface area (Å²) in [6.07, 6.45) is 1.76. The summed E-state index contributed by atoms with van der Waals surface area (Å²) in [5.74, 6) is 6.57. The molecular weight excluding hydrogens is 240 g/mol. The normalized spacial score (nSPS) is 11.4. The lowest BCUT2D eigenvalue weighted by molar-refractivity contribution is 0.182. The van der Waals surface area contributed by atoms with Crippen molar-refractivity contribution in [1.82, 2.24) is 14.9 Å². The summed E-state index contributed by atoms with van der Waals surface area (Å²) in [6.45, 7) is 12.7. The molecule has 0 radical (unpaired) electrons. The molecule has 0 saturated heterocycles. The van der Waals surface area contributed by atoms with Crippen LogP contribution in [0.5, 0.6) is 0 Å². The third kappa shape index (κ3) is 4.65. The van der Waals surface area contributed by atoms with Crippen molar-refractivity contribution in [3.63, 3.8) is 0 Å². The molecule has 0 amide bonds. The van der Waals surface area contributed by atoms with Crippen LogP contribution in [0.1, 0.15) is 33.3 Å². The van der Waals surface area contributed by atoms with Crippen LogP contribution in [0.15, 0.2) is 6.20 Å². The molecule has 0 fully saturated rings. The number of hydrogen-bond donors (Lipinski definition) is 3. The van der Waals surface area contributed by atoms with Crippen LogP contribution < -0.4 is 16.6 Å². The fraction of sp³-hybridized carbons (Fsp3) is 0.692. The van der Waals surface area contributed by atoms with Gasteiger partial charge in [0.1, 0.15) is 5.82 Å². The highest BCUT2D eigenvalue weighted by Gasteiger charge is 2.12. The van der Waals surface area contributed by atoms with Crippen molar-refractivity contribution in [1.29, 1.82) is 0 Å². The number of aromatic nitrogens is 2. The monoisotopic (exact) mass is 266 g/mol. The molecule has 1 rings (SSSR count). The molecule has 0 aliphatic rings. The van der Waals surface area contributed by atoms with Crippen LogP contribution in [-0.2, 0) is 0 Å². The van der Waals surface area contributed by atoms with E-state index >= 15 is 0 Å². The lowest BCUT2D eigenvalue weighted by Crippen LogP contribution is -2.40. The van der Waals surface area contributed by atoms with Crippen molar-refractivity contribution >= 4 is 11.8 Å². The summed E-state index contributed by atoms with van der Waals surface area (Å²) in [5, 5.41) is 3.34. The molecule has 0 aromatic carbocycles. The number of nitrogens with zero attached hydrogens (tertiary/aromatic N) is 3. The Bertz CT molecular complexity index is 383. The summed E-state index contributed by atoms with van der Waals surface area (Å²) >= 11 is 0. The third-order valence-corrected chi connectivity index (χ3v) is 3.09. The maximum absolute atomic E-state index is 5.31. The van der Waals surface area contributed by atoms with Crippen molar-refractivity contribution in [3.05, 3.63) is 11.8 Å². The molecule has 0 bridgehead atoms. The van der Waals surface area contributed by atoms with Crippen molar-refractivity contribution in [2.75, 3.05) is 23.8 Å². The molecule has 4 N–H and O–H groups in total. The van der Waals surface area contributed by atoms with Crippen molar-refractivity contribution < 1.29 is 0 Å². The van der Waals surface area contributed by atoms with E-state index in [9.17, 15) is 0 Å². The van der Waals surface area contributed by atoms with Crippen LogP contribution in [0.4, 0.5) is 11.8 Å². The number of rotatable bonds is 7. The van der Waals surface area contributed by atoms with Crippen LogP contribution in [0.2, 0.25) is 0 Å². The van der Waals surface area contributed by atoms with E-state index < -0.39 is 0 Å². The first-order chi connectivity index (χ1) is 8.95. The molecule has 0 spiro atoms. The maximum Gasteiger partial charge on any atom is 0.239 e. The van der Waals surface area contributed by atoms with Crippen LogP contribution in [0.3, 0.4) is 0 Å². The number of aryl methyl sites for hydroxylation is 1. The predicted molar refractivity (Wildman–Crippen MR) is 80.0 cm³/mol. The average Bonchev–Trinajstić information content (AvgIpc) is 2.35. The molecule has 1 aromatic heterocycles. The molecule has 19 heavy (non-hydrogen) atoms. The number of hydrogen-bond acceptors (Lipinski definition) is 6. The zero-order valence-corrected chi connectivity index (χ0v) is 12.6. The number of anilines is 2.